The highest BCUT2D eigenvalue weighted by molar-refractivity contribution is 9.10. The fourth-order valence-corrected chi connectivity index (χ4v) is 5.70. The van der Waals surface area contributed by atoms with Crippen LogP contribution in [0.15, 0.2) is 54.4 Å². The zero-order valence-electron chi connectivity index (χ0n) is 20.7. The van der Waals surface area contributed by atoms with Crippen LogP contribution in [0.1, 0.15) is 51.5 Å². The Kier molecular flexibility index (Phi) is 8.55. The van der Waals surface area contributed by atoms with Crippen LogP contribution in [0.2, 0.25) is 0 Å². The van der Waals surface area contributed by atoms with Crippen LogP contribution in [0.3, 0.4) is 0 Å². The number of benzene rings is 1. The Labute approximate surface area is 215 Å². The summed E-state index contributed by atoms with van der Waals surface area (Å²) in [6.45, 7) is 15.2. The number of hydrogen-bond donors (Lipinski definition) is 1. The molecule has 35 heavy (non-hydrogen) atoms. The Balaban J connectivity index is 1.76. The minimum absolute atomic E-state index is 0.0832. The molecule has 0 radical (unpaired) electrons. The molecule has 0 amide bonds. The Morgan fingerprint density at radius 1 is 1.40 bits per heavy atom. The fourth-order valence-electron chi connectivity index (χ4n) is 3.67. The van der Waals surface area contributed by atoms with E-state index in [1.54, 1.807) is 18.3 Å². The van der Waals surface area contributed by atoms with Crippen molar-refractivity contribution in [3.8, 4) is 0 Å². The largest absolute Gasteiger partial charge is 0.464 e. The summed E-state index contributed by atoms with van der Waals surface area (Å²) in [4.78, 5) is 10.3. The van der Waals surface area contributed by atoms with Gasteiger partial charge in [0.05, 0.1) is 11.5 Å². The van der Waals surface area contributed by atoms with Gasteiger partial charge < -0.3 is 9.26 Å². The molecule has 1 aromatic carbocycles. The van der Waals surface area contributed by atoms with Crippen molar-refractivity contribution >= 4 is 44.5 Å². The number of anilines is 1. The minimum Gasteiger partial charge on any atom is -0.464 e. The van der Waals surface area contributed by atoms with E-state index in [0.717, 1.165) is 24.1 Å². The highest BCUT2D eigenvalue weighted by atomic mass is 79.9. The first-order valence-electron chi connectivity index (χ1n) is 11.3. The first kappa shape index (κ1) is 27.1. The molecule has 0 saturated carbocycles. The maximum atomic E-state index is 13.1. The van der Waals surface area contributed by atoms with Crippen LogP contribution in [0.4, 0.5) is 5.82 Å². The third kappa shape index (κ3) is 6.59. The van der Waals surface area contributed by atoms with Crippen molar-refractivity contribution in [3.63, 3.8) is 0 Å². The second-order valence-corrected chi connectivity index (χ2v) is 11.7. The number of nitrogens with zero attached hydrogens (tertiary/aromatic N) is 4. The molecule has 1 atom stereocenters. The van der Waals surface area contributed by atoms with Gasteiger partial charge in [-0.3, -0.25) is 9.62 Å². The molecule has 0 unspecified atom stereocenters. The van der Waals surface area contributed by atoms with Crippen molar-refractivity contribution in [2.24, 2.45) is 9.98 Å². The van der Waals surface area contributed by atoms with E-state index in [1.165, 1.54) is 0 Å². The molecule has 0 saturated heterocycles. The third-order valence-corrected chi connectivity index (χ3v) is 7.68. The zero-order chi connectivity index (χ0) is 25.8. The van der Waals surface area contributed by atoms with Crippen molar-refractivity contribution < 1.29 is 17.7 Å². The highest BCUT2D eigenvalue weighted by Crippen LogP contribution is 2.35. The standard InChI is InChI=1S/C24H32BrN5O4S/c1-7-33-23(26-6)27-12-10-16(2)30-13-11-17-8-9-19(14-18(17)15-30)35(31,32)29-22-20(25)21(34-28-22)24(3,4)5/h8-10,12,14,16H,6-7,11,13,15H2,1-5H3,(H,28,29)/b12-10+,27-23+/t16-/m1/s1. The van der Waals surface area contributed by atoms with E-state index in [9.17, 15) is 8.42 Å². The van der Waals surface area contributed by atoms with Crippen molar-refractivity contribution in [2.75, 3.05) is 17.9 Å². The molecule has 0 aliphatic carbocycles. The first-order chi connectivity index (χ1) is 16.5. The predicted octanol–water partition coefficient (Wildman–Crippen LogP) is 4.89. The topological polar surface area (TPSA) is 109 Å². The van der Waals surface area contributed by atoms with Gasteiger partial charge in [0, 0.05) is 30.7 Å². The van der Waals surface area contributed by atoms with Crippen LogP contribution in [-0.4, -0.2) is 50.4 Å². The van der Waals surface area contributed by atoms with Gasteiger partial charge in [-0.2, -0.15) is 0 Å². The van der Waals surface area contributed by atoms with Crippen molar-refractivity contribution in [1.82, 2.24) is 10.1 Å². The monoisotopic (exact) mass is 565 g/mol. The molecular formula is C24H32BrN5O4S. The fraction of sp³-hybridized carbons (Fsp3) is 0.458. The molecule has 0 fully saturated rings. The lowest BCUT2D eigenvalue weighted by Crippen LogP contribution is -2.36. The van der Waals surface area contributed by atoms with Gasteiger partial charge in [-0.05, 0) is 72.3 Å². The van der Waals surface area contributed by atoms with Crippen molar-refractivity contribution in [1.29, 1.82) is 0 Å². The van der Waals surface area contributed by atoms with Crippen LogP contribution in [0.25, 0.3) is 0 Å². The summed E-state index contributed by atoms with van der Waals surface area (Å²) in [5.41, 5.74) is 1.79. The molecule has 1 aromatic heterocycles. The molecule has 0 spiro atoms. The average molecular weight is 567 g/mol. The van der Waals surface area contributed by atoms with Gasteiger partial charge in [0.2, 0.25) is 0 Å². The average Bonchev–Trinajstić information content (AvgIpc) is 3.17. The number of ether oxygens (including phenoxy) is 1. The number of sulfonamides is 1. The van der Waals surface area contributed by atoms with Gasteiger partial charge in [0.1, 0.15) is 4.47 Å². The number of halogens is 1. The lowest BCUT2D eigenvalue weighted by molar-refractivity contribution is 0.221. The molecule has 11 heteroatoms. The van der Waals surface area contributed by atoms with Crippen LogP contribution >= 0.6 is 15.9 Å². The minimum atomic E-state index is -3.85. The number of amidine groups is 1. The van der Waals surface area contributed by atoms with E-state index >= 15 is 0 Å². The summed E-state index contributed by atoms with van der Waals surface area (Å²) in [6.07, 6.45) is 4.44. The summed E-state index contributed by atoms with van der Waals surface area (Å²) in [7, 11) is -3.85. The highest BCUT2D eigenvalue weighted by Gasteiger charge is 2.28. The molecule has 2 heterocycles. The molecule has 9 nitrogen and oxygen atoms in total. The predicted molar refractivity (Wildman–Crippen MR) is 141 cm³/mol. The molecule has 190 valence electrons. The van der Waals surface area contributed by atoms with E-state index in [4.69, 9.17) is 9.26 Å². The van der Waals surface area contributed by atoms with E-state index in [1.807, 2.05) is 39.8 Å². The number of fused-ring (bicyclic) bond motifs is 1. The second kappa shape index (κ2) is 11.0. The van der Waals surface area contributed by atoms with Gasteiger partial charge in [0.25, 0.3) is 10.0 Å². The van der Waals surface area contributed by atoms with E-state index in [-0.39, 0.29) is 28.2 Å². The second-order valence-electron chi connectivity index (χ2n) is 9.27. The van der Waals surface area contributed by atoms with Crippen molar-refractivity contribution in [2.45, 2.75) is 63.9 Å². The summed E-state index contributed by atoms with van der Waals surface area (Å²) in [5.74, 6) is 0.703. The number of rotatable bonds is 7. The Bertz CT molecular complexity index is 1230. The number of aliphatic imine (C=N–C) groups is 2. The van der Waals surface area contributed by atoms with Crippen LogP contribution in [0.5, 0.6) is 0 Å². The molecule has 1 aliphatic heterocycles. The molecule has 2 aromatic rings. The summed E-state index contributed by atoms with van der Waals surface area (Å²) in [6, 6.07) is 5.56. The SMILES string of the molecule is C=N/C(=N\C=C\[C@@H](C)N1CCc2ccc(S(=O)(=O)Nc3noc(C(C)(C)C)c3Br)cc2C1)OCC. The van der Waals surface area contributed by atoms with Gasteiger partial charge in [0.15, 0.2) is 11.6 Å². The van der Waals surface area contributed by atoms with Gasteiger partial charge >= 0.3 is 6.02 Å². The first-order valence-corrected chi connectivity index (χ1v) is 13.6. The third-order valence-electron chi connectivity index (χ3n) is 5.61. The van der Waals surface area contributed by atoms with E-state index < -0.39 is 10.0 Å². The lowest BCUT2D eigenvalue weighted by atomic mass is 9.93. The Morgan fingerprint density at radius 2 is 2.14 bits per heavy atom. The lowest BCUT2D eigenvalue weighted by Gasteiger charge is -2.32. The molecule has 1 aliphatic rings. The maximum Gasteiger partial charge on any atom is 0.315 e. The quantitative estimate of drug-likeness (QED) is 0.378. The summed E-state index contributed by atoms with van der Waals surface area (Å²) >= 11 is 3.42. The van der Waals surface area contributed by atoms with Crippen LogP contribution < -0.4 is 4.72 Å². The van der Waals surface area contributed by atoms with Gasteiger partial charge in [-0.25, -0.2) is 18.4 Å². The number of nitrogens with one attached hydrogen (secondary N) is 1. The molecule has 3 rings (SSSR count). The Morgan fingerprint density at radius 3 is 2.77 bits per heavy atom. The van der Waals surface area contributed by atoms with Gasteiger partial charge in [-0.1, -0.05) is 32.0 Å². The van der Waals surface area contributed by atoms with E-state index in [0.29, 0.717) is 23.4 Å². The zero-order valence-corrected chi connectivity index (χ0v) is 23.1. The van der Waals surface area contributed by atoms with Crippen LogP contribution in [-0.2, 0) is 33.1 Å². The maximum absolute atomic E-state index is 13.1. The van der Waals surface area contributed by atoms with E-state index in [2.05, 4.69) is 54.3 Å². The summed E-state index contributed by atoms with van der Waals surface area (Å²) < 4.78 is 39.9. The summed E-state index contributed by atoms with van der Waals surface area (Å²) in [5, 5.41) is 3.92. The van der Waals surface area contributed by atoms with Crippen LogP contribution in [0, 0.1) is 0 Å². The van der Waals surface area contributed by atoms with Gasteiger partial charge in [-0.15, -0.1) is 0 Å². The normalized spacial score (nSPS) is 16.2. The van der Waals surface area contributed by atoms with Crippen molar-refractivity contribution in [3.05, 3.63) is 51.8 Å². The number of hydrogen-bond acceptors (Lipinski definition) is 7. The molecule has 0 bridgehead atoms. The molecule has 1 N–H and O–H groups in total. The number of aromatic nitrogens is 1. The Hall–Kier alpha value is -2.50. The smallest absolute Gasteiger partial charge is 0.315 e. The molecular weight excluding hydrogens is 534 g/mol.